The Morgan fingerprint density at radius 2 is 1.87 bits per heavy atom. The number of hydrogen-bond donors (Lipinski definition) is 0. The van der Waals surface area contributed by atoms with E-state index in [1.54, 1.807) is 12.1 Å². The van der Waals surface area contributed by atoms with Gasteiger partial charge in [0.25, 0.3) is 0 Å². The van der Waals surface area contributed by atoms with Crippen LogP contribution in [0.3, 0.4) is 0 Å². The molecule has 3 aromatic rings. The molecule has 1 heterocycles. The Morgan fingerprint density at radius 3 is 2.57 bits per heavy atom. The van der Waals surface area contributed by atoms with Gasteiger partial charge in [-0.1, -0.05) is 36.4 Å². The highest BCUT2D eigenvalue weighted by molar-refractivity contribution is 5.71. The average molecular weight is 300 g/mol. The molecular formula is C20H16N2O. The van der Waals surface area contributed by atoms with E-state index in [0.717, 1.165) is 22.4 Å². The zero-order valence-electron chi connectivity index (χ0n) is 12.9. The number of rotatable bonds is 4. The molecule has 3 heteroatoms. The van der Waals surface area contributed by atoms with Crippen LogP contribution >= 0.6 is 0 Å². The van der Waals surface area contributed by atoms with Gasteiger partial charge in [-0.25, -0.2) is 0 Å². The highest BCUT2D eigenvalue weighted by Crippen LogP contribution is 2.31. The normalized spacial score (nSPS) is 10.1. The van der Waals surface area contributed by atoms with Crippen molar-refractivity contribution in [3.05, 3.63) is 83.7 Å². The fraction of sp³-hybridized carbons (Fsp3) is 0.100. The second-order valence-electron chi connectivity index (χ2n) is 5.29. The molecule has 23 heavy (non-hydrogen) atoms. The zero-order chi connectivity index (χ0) is 16.1. The molecule has 0 saturated carbocycles. The molecule has 0 bridgehead atoms. The van der Waals surface area contributed by atoms with Gasteiger partial charge in [-0.05, 0) is 36.8 Å². The summed E-state index contributed by atoms with van der Waals surface area (Å²) in [6, 6.07) is 21.6. The molecule has 0 N–H and O–H groups in total. The first-order chi connectivity index (χ1) is 11.3. The minimum atomic E-state index is 0.460. The van der Waals surface area contributed by atoms with Gasteiger partial charge in [0.2, 0.25) is 0 Å². The molecule has 0 atom stereocenters. The fourth-order valence-electron chi connectivity index (χ4n) is 2.31. The van der Waals surface area contributed by atoms with E-state index in [1.165, 1.54) is 0 Å². The molecule has 0 unspecified atom stereocenters. The van der Waals surface area contributed by atoms with Crippen molar-refractivity contribution in [2.45, 2.75) is 13.5 Å². The van der Waals surface area contributed by atoms with Crippen molar-refractivity contribution in [1.82, 2.24) is 4.98 Å². The van der Waals surface area contributed by atoms with Gasteiger partial charge in [0.1, 0.15) is 12.4 Å². The Hall–Kier alpha value is -3.12. The Kier molecular flexibility index (Phi) is 4.35. The van der Waals surface area contributed by atoms with Crippen molar-refractivity contribution in [3.63, 3.8) is 0 Å². The molecule has 0 fully saturated rings. The predicted molar refractivity (Wildman–Crippen MR) is 89.9 cm³/mol. The number of benzene rings is 2. The van der Waals surface area contributed by atoms with Gasteiger partial charge in [0, 0.05) is 23.0 Å². The lowest BCUT2D eigenvalue weighted by Crippen LogP contribution is -1.97. The third kappa shape index (κ3) is 3.56. The number of aryl methyl sites for hydroxylation is 1. The number of hydrogen-bond acceptors (Lipinski definition) is 3. The summed E-state index contributed by atoms with van der Waals surface area (Å²) in [6.07, 6.45) is 1.83. The quantitative estimate of drug-likeness (QED) is 0.712. The molecule has 1 aromatic heterocycles. The van der Waals surface area contributed by atoms with Gasteiger partial charge < -0.3 is 4.74 Å². The molecule has 3 nitrogen and oxygen atoms in total. The van der Waals surface area contributed by atoms with Crippen LogP contribution in [-0.4, -0.2) is 4.98 Å². The fourth-order valence-corrected chi connectivity index (χ4v) is 2.31. The zero-order valence-corrected chi connectivity index (χ0v) is 12.9. The molecule has 0 aliphatic carbocycles. The van der Waals surface area contributed by atoms with Gasteiger partial charge in [-0.15, -0.1) is 0 Å². The Morgan fingerprint density at radius 1 is 1.04 bits per heavy atom. The molecule has 0 radical (unpaired) electrons. The minimum absolute atomic E-state index is 0.460. The van der Waals surface area contributed by atoms with Crippen molar-refractivity contribution >= 4 is 0 Å². The maximum atomic E-state index is 9.13. The van der Waals surface area contributed by atoms with Crippen LogP contribution in [0, 0.1) is 18.3 Å². The van der Waals surface area contributed by atoms with E-state index in [9.17, 15) is 0 Å². The van der Waals surface area contributed by atoms with Crippen LogP contribution in [0.1, 0.15) is 16.8 Å². The summed E-state index contributed by atoms with van der Waals surface area (Å²) in [7, 11) is 0. The van der Waals surface area contributed by atoms with E-state index in [2.05, 4.69) is 11.1 Å². The third-order valence-corrected chi connectivity index (χ3v) is 3.57. The molecule has 0 saturated heterocycles. The van der Waals surface area contributed by atoms with E-state index >= 15 is 0 Å². The van der Waals surface area contributed by atoms with E-state index < -0.39 is 0 Å². The van der Waals surface area contributed by atoms with Gasteiger partial charge in [-0.2, -0.15) is 5.26 Å². The number of pyridine rings is 1. The van der Waals surface area contributed by atoms with Gasteiger partial charge in [0.15, 0.2) is 0 Å². The highest BCUT2D eigenvalue weighted by atomic mass is 16.5. The first-order valence-electron chi connectivity index (χ1n) is 7.40. The second kappa shape index (κ2) is 6.76. The minimum Gasteiger partial charge on any atom is -0.488 e. The molecule has 112 valence electrons. The number of nitrogens with zero attached hydrogens (tertiary/aromatic N) is 2. The van der Waals surface area contributed by atoms with Crippen LogP contribution in [0.15, 0.2) is 66.9 Å². The predicted octanol–water partition coefficient (Wildman–Crippen LogP) is 4.51. The maximum absolute atomic E-state index is 9.13. The van der Waals surface area contributed by atoms with Gasteiger partial charge in [-0.3, -0.25) is 4.98 Å². The second-order valence-corrected chi connectivity index (χ2v) is 5.29. The molecule has 0 aliphatic heterocycles. The topological polar surface area (TPSA) is 45.9 Å². The van der Waals surface area contributed by atoms with Crippen LogP contribution in [0.2, 0.25) is 0 Å². The Labute approximate surface area is 135 Å². The lowest BCUT2D eigenvalue weighted by atomic mass is 10.0. The Balaban J connectivity index is 1.93. The summed E-state index contributed by atoms with van der Waals surface area (Å²) < 4.78 is 5.97. The van der Waals surface area contributed by atoms with E-state index in [4.69, 9.17) is 10.00 Å². The van der Waals surface area contributed by atoms with Gasteiger partial charge in [0.05, 0.1) is 11.6 Å². The van der Waals surface area contributed by atoms with Crippen LogP contribution in [0.25, 0.3) is 11.1 Å². The lowest BCUT2D eigenvalue weighted by Gasteiger charge is -2.12. The van der Waals surface area contributed by atoms with Crippen molar-refractivity contribution in [3.8, 4) is 22.9 Å². The summed E-state index contributed by atoms with van der Waals surface area (Å²) in [5.41, 5.74) is 4.55. The number of aromatic nitrogens is 1. The summed E-state index contributed by atoms with van der Waals surface area (Å²) in [5.74, 6) is 0.693. The first-order valence-corrected chi connectivity index (χ1v) is 7.40. The van der Waals surface area contributed by atoms with E-state index in [0.29, 0.717) is 17.9 Å². The Bertz CT molecular complexity index is 834. The van der Waals surface area contributed by atoms with Crippen LogP contribution in [0.5, 0.6) is 5.75 Å². The monoisotopic (exact) mass is 300 g/mol. The largest absolute Gasteiger partial charge is 0.488 e. The highest BCUT2D eigenvalue weighted by Gasteiger charge is 2.09. The number of nitriles is 1. The van der Waals surface area contributed by atoms with Gasteiger partial charge >= 0.3 is 0 Å². The SMILES string of the molecule is Cc1ccc(-c2ccc(C#N)cc2OCc2ccccc2)cn1. The van der Waals surface area contributed by atoms with Crippen LogP contribution < -0.4 is 4.74 Å². The van der Waals surface area contributed by atoms with Crippen molar-refractivity contribution in [2.24, 2.45) is 0 Å². The lowest BCUT2D eigenvalue weighted by molar-refractivity contribution is 0.307. The summed E-state index contributed by atoms with van der Waals surface area (Å²) in [6.45, 7) is 2.41. The first kappa shape index (κ1) is 14.8. The number of ether oxygens (including phenoxy) is 1. The third-order valence-electron chi connectivity index (χ3n) is 3.57. The maximum Gasteiger partial charge on any atom is 0.129 e. The summed E-state index contributed by atoms with van der Waals surface area (Å²) in [4.78, 5) is 4.34. The molecule has 0 amide bonds. The van der Waals surface area contributed by atoms with Crippen molar-refractivity contribution < 1.29 is 4.74 Å². The summed E-state index contributed by atoms with van der Waals surface area (Å²) in [5, 5.41) is 9.13. The van der Waals surface area contributed by atoms with Crippen LogP contribution in [-0.2, 0) is 6.61 Å². The molecule has 2 aromatic carbocycles. The van der Waals surface area contributed by atoms with Crippen molar-refractivity contribution in [2.75, 3.05) is 0 Å². The van der Waals surface area contributed by atoms with E-state index in [-0.39, 0.29) is 0 Å². The average Bonchev–Trinajstić information content (AvgIpc) is 2.61. The standard InChI is InChI=1S/C20H16N2O/c1-15-7-9-18(13-22-15)19-10-8-17(12-21)11-20(19)23-14-16-5-3-2-4-6-16/h2-11,13H,14H2,1H3. The molecule has 0 spiro atoms. The molecule has 0 aliphatic rings. The molecule has 3 rings (SSSR count). The van der Waals surface area contributed by atoms with Crippen LogP contribution in [0.4, 0.5) is 0 Å². The molecular weight excluding hydrogens is 284 g/mol. The smallest absolute Gasteiger partial charge is 0.129 e. The van der Waals surface area contributed by atoms with Crippen molar-refractivity contribution in [1.29, 1.82) is 5.26 Å². The van der Waals surface area contributed by atoms with E-state index in [1.807, 2.05) is 61.7 Å². The summed E-state index contributed by atoms with van der Waals surface area (Å²) >= 11 is 0.